The van der Waals surface area contributed by atoms with Gasteiger partial charge in [0.05, 0.1) is 6.54 Å². The number of hydrogen-bond donors (Lipinski definition) is 2. The molecule has 1 heterocycles. The highest BCUT2D eigenvalue weighted by atomic mass is 32.1. The van der Waals surface area contributed by atoms with Gasteiger partial charge in [0.2, 0.25) is 5.91 Å². The second kappa shape index (κ2) is 5.72. The minimum atomic E-state index is 0.0823. The molecule has 0 saturated heterocycles. The highest BCUT2D eigenvalue weighted by Crippen LogP contribution is 2.07. The van der Waals surface area contributed by atoms with Crippen LogP contribution in [0.4, 0.5) is 0 Å². The van der Waals surface area contributed by atoms with Crippen LogP contribution in [-0.2, 0) is 11.3 Å². The van der Waals surface area contributed by atoms with Crippen molar-refractivity contribution in [2.45, 2.75) is 19.4 Å². The van der Waals surface area contributed by atoms with Crippen molar-refractivity contribution in [1.29, 1.82) is 0 Å². The smallest absolute Gasteiger partial charge is 0.220 e. The predicted molar refractivity (Wildman–Crippen MR) is 54.5 cm³/mol. The summed E-state index contributed by atoms with van der Waals surface area (Å²) in [5.41, 5.74) is 5.29. The van der Waals surface area contributed by atoms with Gasteiger partial charge in [-0.15, -0.1) is 11.3 Å². The first-order valence-corrected chi connectivity index (χ1v) is 5.20. The van der Waals surface area contributed by atoms with Crippen LogP contribution in [0.1, 0.15) is 17.7 Å². The van der Waals surface area contributed by atoms with E-state index < -0.39 is 0 Å². The Labute approximate surface area is 81.9 Å². The molecule has 0 radical (unpaired) electrons. The van der Waals surface area contributed by atoms with Crippen LogP contribution in [0, 0.1) is 0 Å². The van der Waals surface area contributed by atoms with E-state index in [0.29, 0.717) is 19.5 Å². The van der Waals surface area contributed by atoms with Crippen LogP contribution in [0.5, 0.6) is 0 Å². The van der Waals surface area contributed by atoms with Gasteiger partial charge >= 0.3 is 0 Å². The molecule has 72 valence electrons. The summed E-state index contributed by atoms with van der Waals surface area (Å²) < 4.78 is 0. The van der Waals surface area contributed by atoms with E-state index in [1.807, 2.05) is 17.5 Å². The predicted octanol–water partition coefficient (Wildman–Crippen LogP) is 1.10. The lowest BCUT2D eigenvalue weighted by Crippen LogP contribution is -2.22. The molecule has 1 aromatic heterocycles. The fraction of sp³-hybridized carbons (Fsp3) is 0.444. The molecule has 0 aliphatic rings. The number of rotatable bonds is 5. The van der Waals surface area contributed by atoms with Crippen molar-refractivity contribution >= 4 is 17.2 Å². The molecule has 0 unspecified atom stereocenters. The zero-order chi connectivity index (χ0) is 9.52. The van der Waals surface area contributed by atoms with Crippen LogP contribution in [0.2, 0.25) is 0 Å². The van der Waals surface area contributed by atoms with Gasteiger partial charge in [-0.3, -0.25) is 4.79 Å². The third-order valence-electron chi connectivity index (χ3n) is 1.65. The van der Waals surface area contributed by atoms with Crippen molar-refractivity contribution in [3.63, 3.8) is 0 Å². The van der Waals surface area contributed by atoms with Gasteiger partial charge in [-0.05, 0) is 24.4 Å². The lowest BCUT2D eigenvalue weighted by Gasteiger charge is -2.01. The van der Waals surface area contributed by atoms with Crippen LogP contribution < -0.4 is 11.1 Å². The summed E-state index contributed by atoms with van der Waals surface area (Å²) in [7, 11) is 0. The van der Waals surface area contributed by atoms with Crippen LogP contribution in [-0.4, -0.2) is 12.5 Å². The van der Waals surface area contributed by atoms with Crippen molar-refractivity contribution in [1.82, 2.24) is 5.32 Å². The Balaban J connectivity index is 2.15. The van der Waals surface area contributed by atoms with Crippen molar-refractivity contribution in [2.24, 2.45) is 5.73 Å². The normalized spacial score (nSPS) is 9.92. The molecule has 1 amide bonds. The number of nitrogens with two attached hydrogens (primary N) is 1. The Morgan fingerprint density at radius 2 is 2.46 bits per heavy atom. The first kappa shape index (κ1) is 10.2. The fourth-order valence-corrected chi connectivity index (χ4v) is 1.59. The minimum absolute atomic E-state index is 0.0823. The van der Waals surface area contributed by atoms with E-state index in [9.17, 15) is 4.79 Å². The van der Waals surface area contributed by atoms with Crippen molar-refractivity contribution in [2.75, 3.05) is 6.54 Å². The van der Waals surface area contributed by atoms with Crippen LogP contribution in [0.3, 0.4) is 0 Å². The Bertz CT molecular complexity index is 246. The van der Waals surface area contributed by atoms with Crippen molar-refractivity contribution in [3.8, 4) is 0 Å². The maximum atomic E-state index is 11.1. The summed E-state index contributed by atoms with van der Waals surface area (Å²) in [6, 6.07) is 3.99. The molecule has 0 aromatic carbocycles. The molecule has 0 fully saturated rings. The number of hydrogen-bond acceptors (Lipinski definition) is 3. The molecule has 0 spiro atoms. The first-order chi connectivity index (χ1) is 6.33. The molecular weight excluding hydrogens is 184 g/mol. The Hall–Kier alpha value is -0.870. The molecule has 3 N–H and O–H groups in total. The summed E-state index contributed by atoms with van der Waals surface area (Å²) in [4.78, 5) is 12.3. The van der Waals surface area contributed by atoms with Gasteiger partial charge < -0.3 is 11.1 Å². The maximum Gasteiger partial charge on any atom is 0.220 e. The molecule has 0 saturated carbocycles. The minimum Gasteiger partial charge on any atom is -0.351 e. The molecule has 1 rings (SSSR count). The van der Waals surface area contributed by atoms with Gasteiger partial charge in [-0.1, -0.05) is 6.07 Å². The Morgan fingerprint density at radius 3 is 3.08 bits per heavy atom. The Kier molecular flexibility index (Phi) is 4.49. The highest BCUT2D eigenvalue weighted by molar-refractivity contribution is 7.09. The summed E-state index contributed by atoms with van der Waals surface area (Å²) in [5.74, 6) is 0.0823. The van der Waals surface area contributed by atoms with Crippen LogP contribution in [0.25, 0.3) is 0 Å². The molecule has 0 aliphatic heterocycles. The molecular formula is C9H14N2OS. The summed E-state index contributed by atoms with van der Waals surface area (Å²) in [5, 5.41) is 4.84. The molecule has 4 heteroatoms. The number of carbonyl (C=O) groups excluding carboxylic acids is 1. The van der Waals surface area contributed by atoms with Crippen molar-refractivity contribution in [3.05, 3.63) is 22.4 Å². The molecule has 1 aromatic rings. The quantitative estimate of drug-likeness (QED) is 0.744. The maximum absolute atomic E-state index is 11.1. The molecule has 0 aliphatic carbocycles. The second-order valence-electron chi connectivity index (χ2n) is 2.75. The van der Waals surface area contributed by atoms with E-state index in [2.05, 4.69) is 5.32 Å². The third-order valence-corrected chi connectivity index (χ3v) is 2.52. The van der Waals surface area contributed by atoms with E-state index in [-0.39, 0.29) is 5.91 Å². The van der Waals surface area contributed by atoms with E-state index in [1.165, 1.54) is 4.88 Å². The zero-order valence-electron chi connectivity index (χ0n) is 7.45. The van der Waals surface area contributed by atoms with E-state index in [4.69, 9.17) is 5.73 Å². The van der Waals surface area contributed by atoms with Gasteiger partial charge in [0, 0.05) is 11.3 Å². The Morgan fingerprint density at radius 1 is 1.62 bits per heavy atom. The van der Waals surface area contributed by atoms with Gasteiger partial charge in [0.15, 0.2) is 0 Å². The topological polar surface area (TPSA) is 55.1 Å². The number of amides is 1. The summed E-state index contributed by atoms with van der Waals surface area (Å²) in [6.07, 6.45) is 1.29. The largest absolute Gasteiger partial charge is 0.351 e. The van der Waals surface area contributed by atoms with E-state index >= 15 is 0 Å². The molecule has 13 heavy (non-hydrogen) atoms. The monoisotopic (exact) mass is 198 g/mol. The average Bonchev–Trinajstić information content (AvgIpc) is 2.64. The first-order valence-electron chi connectivity index (χ1n) is 4.32. The van der Waals surface area contributed by atoms with Crippen LogP contribution in [0.15, 0.2) is 17.5 Å². The average molecular weight is 198 g/mol. The zero-order valence-corrected chi connectivity index (χ0v) is 8.27. The van der Waals surface area contributed by atoms with Gasteiger partial charge in [-0.25, -0.2) is 0 Å². The lowest BCUT2D eigenvalue weighted by molar-refractivity contribution is -0.121. The van der Waals surface area contributed by atoms with E-state index in [0.717, 1.165) is 6.42 Å². The standard InChI is InChI=1S/C9H14N2OS/c10-5-1-4-9(12)11-7-8-3-2-6-13-8/h2-3,6H,1,4-5,7,10H2,(H,11,12). The number of thiophene rings is 1. The number of nitrogens with one attached hydrogen (secondary N) is 1. The van der Waals surface area contributed by atoms with Gasteiger partial charge in [-0.2, -0.15) is 0 Å². The van der Waals surface area contributed by atoms with Crippen molar-refractivity contribution < 1.29 is 4.79 Å². The SMILES string of the molecule is NCCCC(=O)NCc1cccs1. The highest BCUT2D eigenvalue weighted by Gasteiger charge is 1.99. The summed E-state index contributed by atoms with van der Waals surface area (Å²) in [6.45, 7) is 1.22. The second-order valence-corrected chi connectivity index (χ2v) is 3.78. The molecule has 0 bridgehead atoms. The molecule has 0 atom stereocenters. The lowest BCUT2D eigenvalue weighted by atomic mass is 10.3. The van der Waals surface area contributed by atoms with Gasteiger partial charge in [0.1, 0.15) is 0 Å². The fourth-order valence-electron chi connectivity index (χ4n) is 0.950. The summed E-state index contributed by atoms with van der Waals surface area (Å²) >= 11 is 1.65. The van der Waals surface area contributed by atoms with Gasteiger partial charge in [0.25, 0.3) is 0 Å². The number of carbonyl (C=O) groups is 1. The molecule has 3 nitrogen and oxygen atoms in total. The third kappa shape index (κ3) is 4.05. The van der Waals surface area contributed by atoms with Crippen LogP contribution >= 0.6 is 11.3 Å². The van der Waals surface area contributed by atoms with E-state index in [1.54, 1.807) is 11.3 Å².